The average Bonchev–Trinajstić information content (AvgIpc) is 2.91. The van der Waals surface area contributed by atoms with Gasteiger partial charge in [0.25, 0.3) is 0 Å². The zero-order valence-electron chi connectivity index (χ0n) is 12.9. The van der Waals surface area contributed by atoms with Crippen molar-refractivity contribution < 1.29 is 19.8 Å². The summed E-state index contributed by atoms with van der Waals surface area (Å²) in [5, 5.41) is 16.3. The molecule has 0 spiro atoms. The standard InChI is InChI=1S/C10H14N2.C6H10O4/c1-12-7-3-5-10(12)9-4-2-6-11-8-9;7-5(8)3-1-2-4-6(9)10/h2,4,6,8,10H,3,5,7H2,1H3;1-4H2,(H,7,8)(H,9,10)/t10-;/m0./s1. The Morgan fingerprint density at radius 3 is 2.32 bits per heavy atom. The molecule has 0 saturated carbocycles. The van der Waals surface area contributed by atoms with Gasteiger partial charge in [-0.15, -0.1) is 0 Å². The first-order valence-corrected chi connectivity index (χ1v) is 7.54. The number of unbranched alkanes of at least 4 members (excludes halogenated alkanes) is 1. The number of hydrogen-bond acceptors (Lipinski definition) is 4. The van der Waals surface area contributed by atoms with Crippen molar-refractivity contribution in [2.45, 2.75) is 44.6 Å². The third-order valence-corrected chi connectivity index (χ3v) is 3.62. The summed E-state index contributed by atoms with van der Waals surface area (Å²) in [6.45, 7) is 1.22. The van der Waals surface area contributed by atoms with Crippen molar-refractivity contribution in [3.8, 4) is 0 Å². The molecule has 1 aliphatic rings. The first kappa shape index (κ1) is 18.1. The lowest BCUT2D eigenvalue weighted by molar-refractivity contribution is -0.139. The molecule has 0 unspecified atom stereocenters. The molecule has 1 saturated heterocycles. The Labute approximate surface area is 130 Å². The topological polar surface area (TPSA) is 90.7 Å². The molecule has 6 heteroatoms. The number of nitrogens with zero attached hydrogens (tertiary/aromatic N) is 2. The Balaban J connectivity index is 0.000000225. The predicted octanol–water partition coefficient (Wildman–Crippen LogP) is 2.56. The number of carboxylic acid groups (broad SMARTS) is 2. The number of carbonyl (C=O) groups is 2. The molecule has 0 aromatic carbocycles. The minimum Gasteiger partial charge on any atom is -0.481 e. The maximum Gasteiger partial charge on any atom is 0.303 e. The Morgan fingerprint density at radius 2 is 1.91 bits per heavy atom. The highest BCUT2D eigenvalue weighted by Crippen LogP contribution is 2.29. The highest BCUT2D eigenvalue weighted by molar-refractivity contribution is 5.67. The summed E-state index contributed by atoms with van der Waals surface area (Å²) >= 11 is 0. The monoisotopic (exact) mass is 308 g/mol. The lowest BCUT2D eigenvalue weighted by Crippen LogP contribution is -2.17. The van der Waals surface area contributed by atoms with Crippen molar-refractivity contribution in [2.24, 2.45) is 0 Å². The van der Waals surface area contributed by atoms with Gasteiger partial charge >= 0.3 is 11.9 Å². The molecule has 1 aromatic rings. The van der Waals surface area contributed by atoms with Crippen LogP contribution in [-0.2, 0) is 9.59 Å². The van der Waals surface area contributed by atoms with Crippen molar-refractivity contribution in [2.75, 3.05) is 13.6 Å². The second-order valence-corrected chi connectivity index (χ2v) is 5.42. The molecule has 1 atom stereocenters. The first-order valence-electron chi connectivity index (χ1n) is 7.54. The summed E-state index contributed by atoms with van der Waals surface area (Å²) in [7, 11) is 2.19. The van der Waals surface area contributed by atoms with Crippen molar-refractivity contribution in [3.63, 3.8) is 0 Å². The Kier molecular flexibility index (Phi) is 8.14. The smallest absolute Gasteiger partial charge is 0.303 e. The van der Waals surface area contributed by atoms with Gasteiger partial charge in [-0.1, -0.05) is 6.07 Å². The van der Waals surface area contributed by atoms with Gasteiger partial charge in [0.15, 0.2) is 0 Å². The van der Waals surface area contributed by atoms with E-state index in [1.807, 2.05) is 18.5 Å². The van der Waals surface area contributed by atoms with Crippen LogP contribution in [-0.4, -0.2) is 45.6 Å². The van der Waals surface area contributed by atoms with Crippen LogP contribution < -0.4 is 0 Å². The van der Waals surface area contributed by atoms with E-state index in [0.717, 1.165) is 0 Å². The fraction of sp³-hybridized carbons (Fsp3) is 0.562. The van der Waals surface area contributed by atoms with Crippen LogP contribution in [0.3, 0.4) is 0 Å². The molecule has 1 aromatic heterocycles. The molecule has 0 amide bonds. The van der Waals surface area contributed by atoms with Gasteiger partial charge < -0.3 is 10.2 Å². The van der Waals surface area contributed by atoms with Crippen LogP contribution in [0, 0.1) is 0 Å². The van der Waals surface area contributed by atoms with E-state index in [4.69, 9.17) is 10.2 Å². The second-order valence-electron chi connectivity index (χ2n) is 5.42. The van der Waals surface area contributed by atoms with E-state index in [9.17, 15) is 9.59 Å². The van der Waals surface area contributed by atoms with Crippen LogP contribution in [0.4, 0.5) is 0 Å². The normalized spacial score (nSPS) is 17.6. The Morgan fingerprint density at radius 1 is 1.27 bits per heavy atom. The fourth-order valence-electron chi connectivity index (χ4n) is 2.46. The highest BCUT2D eigenvalue weighted by Gasteiger charge is 2.21. The number of aliphatic carboxylic acids is 2. The summed E-state index contributed by atoms with van der Waals surface area (Å²) in [4.78, 5) is 26.3. The Bertz CT molecular complexity index is 448. The molecule has 6 nitrogen and oxygen atoms in total. The van der Waals surface area contributed by atoms with Crippen LogP contribution in [0.5, 0.6) is 0 Å². The summed E-state index contributed by atoms with van der Waals surface area (Å²) in [5.41, 5.74) is 1.36. The summed E-state index contributed by atoms with van der Waals surface area (Å²) in [6, 6.07) is 4.79. The lowest BCUT2D eigenvalue weighted by Gasteiger charge is -2.18. The number of hydrogen-bond donors (Lipinski definition) is 2. The van der Waals surface area contributed by atoms with E-state index in [1.54, 1.807) is 0 Å². The molecule has 1 fully saturated rings. The largest absolute Gasteiger partial charge is 0.481 e. The third kappa shape index (κ3) is 7.17. The summed E-state index contributed by atoms with van der Waals surface area (Å²) < 4.78 is 0. The molecule has 0 bridgehead atoms. The zero-order valence-corrected chi connectivity index (χ0v) is 12.9. The number of pyridine rings is 1. The number of aromatic nitrogens is 1. The average molecular weight is 308 g/mol. The molecule has 1 aliphatic heterocycles. The van der Waals surface area contributed by atoms with Gasteiger partial charge in [-0.2, -0.15) is 0 Å². The van der Waals surface area contributed by atoms with E-state index in [0.29, 0.717) is 18.9 Å². The molecule has 0 aliphatic carbocycles. The zero-order chi connectivity index (χ0) is 16.4. The van der Waals surface area contributed by atoms with Crippen LogP contribution in [0.1, 0.15) is 50.1 Å². The minimum absolute atomic E-state index is 0.0628. The number of rotatable bonds is 6. The van der Waals surface area contributed by atoms with Gasteiger partial charge in [-0.3, -0.25) is 19.5 Å². The maximum atomic E-state index is 9.90. The molecule has 2 heterocycles. The molecular formula is C16H24N2O4. The van der Waals surface area contributed by atoms with Gasteiger partial charge in [0, 0.05) is 31.3 Å². The first-order chi connectivity index (χ1) is 10.5. The number of likely N-dealkylation sites (tertiary alicyclic amines) is 1. The van der Waals surface area contributed by atoms with Crippen LogP contribution in [0.25, 0.3) is 0 Å². The van der Waals surface area contributed by atoms with Crippen molar-refractivity contribution in [1.82, 2.24) is 9.88 Å². The van der Waals surface area contributed by atoms with Gasteiger partial charge in [0.2, 0.25) is 0 Å². The predicted molar refractivity (Wildman–Crippen MR) is 82.6 cm³/mol. The summed E-state index contributed by atoms with van der Waals surface area (Å²) in [5.74, 6) is -1.74. The SMILES string of the molecule is CN1CCC[C@H]1c1cccnc1.O=C(O)CCCCC(=O)O. The van der Waals surface area contributed by atoms with Crippen molar-refractivity contribution >= 4 is 11.9 Å². The fourth-order valence-corrected chi connectivity index (χ4v) is 2.46. The molecule has 22 heavy (non-hydrogen) atoms. The Hall–Kier alpha value is -1.95. The van der Waals surface area contributed by atoms with E-state index < -0.39 is 11.9 Å². The van der Waals surface area contributed by atoms with Gasteiger partial charge in [0.05, 0.1) is 0 Å². The van der Waals surface area contributed by atoms with E-state index in [1.165, 1.54) is 24.9 Å². The highest BCUT2D eigenvalue weighted by atomic mass is 16.4. The second kappa shape index (κ2) is 9.89. The molecular weight excluding hydrogens is 284 g/mol. The molecule has 2 N–H and O–H groups in total. The molecule has 0 radical (unpaired) electrons. The quantitative estimate of drug-likeness (QED) is 0.785. The van der Waals surface area contributed by atoms with Crippen LogP contribution >= 0.6 is 0 Å². The van der Waals surface area contributed by atoms with Crippen LogP contribution in [0.2, 0.25) is 0 Å². The summed E-state index contributed by atoms with van der Waals surface area (Å²) in [6.07, 6.45) is 7.42. The van der Waals surface area contributed by atoms with E-state index in [2.05, 4.69) is 23.0 Å². The van der Waals surface area contributed by atoms with Gasteiger partial charge in [0.1, 0.15) is 0 Å². The number of carboxylic acids is 2. The third-order valence-electron chi connectivity index (χ3n) is 3.62. The maximum absolute atomic E-state index is 9.90. The van der Waals surface area contributed by atoms with Crippen molar-refractivity contribution in [3.05, 3.63) is 30.1 Å². The van der Waals surface area contributed by atoms with Gasteiger partial charge in [-0.05, 0) is 50.9 Å². The van der Waals surface area contributed by atoms with Crippen LogP contribution in [0.15, 0.2) is 24.5 Å². The van der Waals surface area contributed by atoms with Crippen molar-refractivity contribution in [1.29, 1.82) is 0 Å². The van der Waals surface area contributed by atoms with E-state index >= 15 is 0 Å². The molecule has 122 valence electrons. The lowest BCUT2D eigenvalue weighted by atomic mass is 10.1. The van der Waals surface area contributed by atoms with Gasteiger partial charge in [-0.25, -0.2) is 0 Å². The minimum atomic E-state index is -0.870. The van der Waals surface area contributed by atoms with E-state index in [-0.39, 0.29) is 12.8 Å². The molecule has 2 rings (SSSR count).